The number of aliphatic carboxylic acids is 1. The minimum atomic E-state index is -3.56. The van der Waals surface area contributed by atoms with Crippen LogP contribution in [0.25, 0.3) is 0 Å². The molecule has 1 aliphatic heterocycles. The second-order valence-electron chi connectivity index (χ2n) is 5.26. The molecule has 0 atom stereocenters. The number of hydrogen-bond donors (Lipinski definition) is 2. The van der Waals surface area contributed by atoms with E-state index >= 15 is 0 Å². The van der Waals surface area contributed by atoms with Gasteiger partial charge >= 0.3 is 5.97 Å². The second-order valence-corrected chi connectivity index (χ2v) is 7.02. The molecule has 21 heavy (non-hydrogen) atoms. The van der Waals surface area contributed by atoms with Gasteiger partial charge in [-0.3, -0.25) is 4.79 Å². The Morgan fingerprint density at radius 2 is 1.95 bits per heavy atom. The van der Waals surface area contributed by atoms with Gasteiger partial charge in [0.1, 0.15) is 0 Å². The monoisotopic (exact) mass is 312 g/mol. The molecule has 2 rings (SSSR count). The maximum atomic E-state index is 12.2. The van der Waals surface area contributed by atoms with Crippen LogP contribution >= 0.6 is 0 Å². The minimum absolute atomic E-state index is 0.244. The quantitative estimate of drug-likeness (QED) is 0.853. The third kappa shape index (κ3) is 4.03. The lowest BCUT2D eigenvalue weighted by Crippen LogP contribution is -2.45. The highest BCUT2D eigenvalue weighted by Crippen LogP contribution is 2.19. The van der Waals surface area contributed by atoms with Gasteiger partial charge in [-0.15, -0.1) is 0 Å². The summed E-state index contributed by atoms with van der Waals surface area (Å²) in [7, 11) is -3.56. The Bertz CT molecular complexity index is 607. The summed E-state index contributed by atoms with van der Waals surface area (Å²) < 4.78 is 28.3. The zero-order valence-electron chi connectivity index (χ0n) is 11.9. The van der Waals surface area contributed by atoms with Gasteiger partial charge in [-0.05, 0) is 30.9 Å². The smallest absolute Gasteiger partial charge is 0.306 e. The molecular formula is C14H20N2O4S. The molecule has 7 heteroatoms. The fourth-order valence-electron chi connectivity index (χ4n) is 2.41. The Hall–Kier alpha value is -1.44. The van der Waals surface area contributed by atoms with Crippen molar-refractivity contribution in [3.63, 3.8) is 0 Å². The predicted octanol–water partition coefficient (Wildman–Crippen LogP) is 1.13. The van der Waals surface area contributed by atoms with Gasteiger partial charge in [0.2, 0.25) is 0 Å². The fraction of sp³-hybridized carbons (Fsp3) is 0.500. The minimum Gasteiger partial charge on any atom is -0.481 e. The first-order valence-electron chi connectivity index (χ1n) is 6.92. The standard InChI is InChI=1S/C14H20N2O4S/c1-11-4-2-3-5-13(11)10-15-21(19,20)16-8-6-12(7-9-16)14(17)18/h2-5,12,15H,6-10H2,1H3,(H,17,18). The van der Waals surface area contributed by atoms with Crippen molar-refractivity contribution in [1.29, 1.82) is 0 Å². The molecule has 2 N–H and O–H groups in total. The van der Waals surface area contributed by atoms with E-state index in [0.29, 0.717) is 12.8 Å². The summed E-state index contributed by atoms with van der Waals surface area (Å²) in [5.41, 5.74) is 1.96. The normalized spacial score (nSPS) is 17.8. The highest BCUT2D eigenvalue weighted by molar-refractivity contribution is 7.87. The van der Waals surface area contributed by atoms with Gasteiger partial charge in [-0.25, -0.2) is 0 Å². The molecule has 116 valence electrons. The number of nitrogens with one attached hydrogen (secondary N) is 1. The average Bonchev–Trinajstić information content (AvgIpc) is 2.46. The van der Waals surface area contributed by atoms with Crippen LogP contribution in [0.15, 0.2) is 24.3 Å². The molecule has 6 nitrogen and oxygen atoms in total. The number of carboxylic acids is 1. The number of carboxylic acid groups (broad SMARTS) is 1. The predicted molar refractivity (Wildman–Crippen MR) is 78.9 cm³/mol. The number of rotatable bonds is 5. The molecule has 0 bridgehead atoms. The first-order chi connectivity index (χ1) is 9.90. The Kier molecular flexibility index (Phi) is 4.97. The molecule has 0 saturated carbocycles. The number of hydrogen-bond acceptors (Lipinski definition) is 3. The topological polar surface area (TPSA) is 86.7 Å². The van der Waals surface area contributed by atoms with Crippen LogP contribution in [-0.2, 0) is 21.5 Å². The molecule has 0 unspecified atom stereocenters. The maximum Gasteiger partial charge on any atom is 0.306 e. The van der Waals surface area contributed by atoms with Gasteiger partial charge in [0.15, 0.2) is 0 Å². The molecule has 0 amide bonds. The van der Waals surface area contributed by atoms with Crippen molar-refractivity contribution < 1.29 is 18.3 Å². The van der Waals surface area contributed by atoms with E-state index in [9.17, 15) is 13.2 Å². The van der Waals surface area contributed by atoms with Gasteiger partial charge in [-0.1, -0.05) is 24.3 Å². The van der Waals surface area contributed by atoms with Crippen LogP contribution in [0.4, 0.5) is 0 Å². The third-order valence-corrected chi connectivity index (χ3v) is 5.40. The number of benzene rings is 1. The van der Waals surface area contributed by atoms with Crippen molar-refractivity contribution >= 4 is 16.2 Å². The van der Waals surface area contributed by atoms with Crippen LogP contribution in [-0.4, -0.2) is 36.9 Å². The van der Waals surface area contributed by atoms with E-state index in [0.717, 1.165) is 11.1 Å². The zero-order chi connectivity index (χ0) is 15.5. The Balaban J connectivity index is 1.94. The third-order valence-electron chi connectivity index (χ3n) is 3.85. The van der Waals surface area contributed by atoms with Crippen molar-refractivity contribution in [2.75, 3.05) is 13.1 Å². The Morgan fingerprint density at radius 1 is 1.33 bits per heavy atom. The van der Waals surface area contributed by atoms with E-state index in [1.165, 1.54) is 4.31 Å². The summed E-state index contributed by atoms with van der Waals surface area (Å²) in [6, 6.07) is 7.59. The van der Waals surface area contributed by atoms with Crippen LogP contribution in [0.2, 0.25) is 0 Å². The Labute approximate surface area is 125 Å². The lowest BCUT2D eigenvalue weighted by molar-refractivity contribution is -0.142. The SMILES string of the molecule is Cc1ccccc1CNS(=O)(=O)N1CCC(C(=O)O)CC1. The number of carbonyl (C=O) groups is 1. The van der Waals surface area contributed by atoms with Crippen LogP contribution in [0.1, 0.15) is 24.0 Å². The molecule has 1 aromatic carbocycles. The molecule has 1 fully saturated rings. The molecule has 1 aromatic rings. The molecule has 0 aliphatic carbocycles. The van der Waals surface area contributed by atoms with E-state index < -0.39 is 22.1 Å². The first kappa shape index (κ1) is 15.9. The van der Waals surface area contributed by atoms with E-state index in [1.54, 1.807) is 0 Å². The van der Waals surface area contributed by atoms with Gasteiger partial charge in [0.25, 0.3) is 10.2 Å². The molecule has 1 aliphatic rings. The van der Waals surface area contributed by atoms with E-state index in [4.69, 9.17) is 5.11 Å². The fourth-order valence-corrected chi connectivity index (χ4v) is 3.62. The molecular weight excluding hydrogens is 292 g/mol. The van der Waals surface area contributed by atoms with Crippen LogP contribution in [0, 0.1) is 12.8 Å². The lowest BCUT2D eigenvalue weighted by atomic mass is 9.99. The highest BCUT2D eigenvalue weighted by Gasteiger charge is 2.30. The summed E-state index contributed by atoms with van der Waals surface area (Å²) in [6.07, 6.45) is 0.723. The summed E-state index contributed by atoms with van der Waals surface area (Å²) >= 11 is 0. The molecule has 1 saturated heterocycles. The molecule has 0 aromatic heterocycles. The van der Waals surface area contributed by atoms with Crippen molar-refractivity contribution in [3.8, 4) is 0 Å². The van der Waals surface area contributed by atoms with E-state index in [1.807, 2.05) is 31.2 Å². The molecule has 0 spiro atoms. The summed E-state index contributed by atoms with van der Waals surface area (Å²) in [5.74, 6) is -1.28. The number of piperidine rings is 1. The summed E-state index contributed by atoms with van der Waals surface area (Å²) in [4.78, 5) is 10.9. The Morgan fingerprint density at radius 3 is 2.52 bits per heavy atom. The number of nitrogens with zero attached hydrogens (tertiary/aromatic N) is 1. The van der Waals surface area contributed by atoms with Crippen LogP contribution < -0.4 is 4.72 Å². The molecule has 0 radical (unpaired) electrons. The lowest BCUT2D eigenvalue weighted by Gasteiger charge is -2.29. The molecule has 1 heterocycles. The van der Waals surface area contributed by atoms with Crippen molar-refractivity contribution in [3.05, 3.63) is 35.4 Å². The van der Waals surface area contributed by atoms with Crippen LogP contribution in [0.5, 0.6) is 0 Å². The number of aryl methyl sites for hydroxylation is 1. The van der Waals surface area contributed by atoms with Gasteiger partial charge < -0.3 is 5.11 Å². The second kappa shape index (κ2) is 6.55. The zero-order valence-corrected chi connectivity index (χ0v) is 12.8. The van der Waals surface area contributed by atoms with Crippen molar-refractivity contribution in [1.82, 2.24) is 9.03 Å². The van der Waals surface area contributed by atoms with Crippen LogP contribution in [0.3, 0.4) is 0 Å². The average molecular weight is 312 g/mol. The van der Waals surface area contributed by atoms with Crippen molar-refractivity contribution in [2.24, 2.45) is 5.92 Å². The maximum absolute atomic E-state index is 12.2. The van der Waals surface area contributed by atoms with Crippen molar-refractivity contribution in [2.45, 2.75) is 26.3 Å². The van der Waals surface area contributed by atoms with Gasteiger partial charge in [0.05, 0.1) is 5.92 Å². The highest BCUT2D eigenvalue weighted by atomic mass is 32.2. The first-order valence-corrected chi connectivity index (χ1v) is 8.36. The summed E-state index contributed by atoms with van der Waals surface area (Å²) in [6.45, 7) is 2.68. The van der Waals surface area contributed by atoms with E-state index in [-0.39, 0.29) is 19.6 Å². The van der Waals surface area contributed by atoms with E-state index in [2.05, 4.69) is 4.72 Å². The van der Waals surface area contributed by atoms with Gasteiger partial charge in [0, 0.05) is 19.6 Å². The van der Waals surface area contributed by atoms with Gasteiger partial charge in [-0.2, -0.15) is 17.4 Å². The largest absolute Gasteiger partial charge is 0.481 e. The summed E-state index contributed by atoms with van der Waals surface area (Å²) in [5, 5.41) is 8.93.